The van der Waals surface area contributed by atoms with E-state index < -0.39 is 5.91 Å². The minimum Gasteiger partial charge on any atom is -0.384 e. The highest BCUT2D eigenvalue weighted by molar-refractivity contribution is 5.98. The number of hydrogen-bond acceptors (Lipinski definition) is 3. The molecule has 5 heteroatoms. The number of rotatable bonds is 6. The summed E-state index contributed by atoms with van der Waals surface area (Å²) in [5, 5.41) is 3.16. The summed E-state index contributed by atoms with van der Waals surface area (Å²) in [6.07, 6.45) is 6.33. The van der Waals surface area contributed by atoms with E-state index in [2.05, 4.69) is 15.3 Å². The molecular formula is C13H15N4O. The third-order valence-corrected chi connectivity index (χ3v) is 2.54. The molecule has 0 saturated carbocycles. The third kappa shape index (κ3) is 3.10. The fourth-order valence-corrected chi connectivity index (χ4v) is 1.66. The molecule has 0 atom stereocenters. The van der Waals surface area contributed by atoms with Gasteiger partial charge >= 0.3 is 0 Å². The van der Waals surface area contributed by atoms with Crippen molar-refractivity contribution in [2.24, 2.45) is 5.73 Å². The Morgan fingerprint density at radius 1 is 1.44 bits per heavy atom. The zero-order valence-corrected chi connectivity index (χ0v) is 9.89. The standard InChI is InChI=1S/C13H15N4O/c14-13(18)11-5-1-2-6-12(11)16-7-3-4-10-8-15-9-17-10/h1-3,5-6,8-9,16H,4,7H2,(H2,14,18)(H,15,17). The van der Waals surface area contributed by atoms with Crippen molar-refractivity contribution in [1.82, 2.24) is 9.97 Å². The van der Waals surface area contributed by atoms with Crippen LogP contribution in [0.15, 0.2) is 36.8 Å². The molecule has 18 heavy (non-hydrogen) atoms. The summed E-state index contributed by atoms with van der Waals surface area (Å²) in [5.41, 5.74) is 7.54. The first kappa shape index (κ1) is 12.2. The van der Waals surface area contributed by atoms with Crippen LogP contribution in [0.25, 0.3) is 0 Å². The van der Waals surface area contributed by atoms with Gasteiger partial charge in [0.1, 0.15) is 0 Å². The first-order chi connectivity index (χ1) is 8.77. The largest absolute Gasteiger partial charge is 0.384 e. The predicted molar refractivity (Wildman–Crippen MR) is 70.0 cm³/mol. The molecule has 0 unspecified atom stereocenters. The van der Waals surface area contributed by atoms with Gasteiger partial charge in [0.2, 0.25) is 0 Å². The molecule has 1 heterocycles. The molecule has 5 nitrogen and oxygen atoms in total. The van der Waals surface area contributed by atoms with Crippen molar-refractivity contribution >= 4 is 11.6 Å². The molecule has 0 spiro atoms. The Morgan fingerprint density at radius 2 is 2.28 bits per heavy atom. The minimum atomic E-state index is -0.426. The van der Waals surface area contributed by atoms with E-state index >= 15 is 0 Å². The normalized spacial score (nSPS) is 10.2. The van der Waals surface area contributed by atoms with Crippen LogP contribution in [-0.2, 0) is 6.42 Å². The van der Waals surface area contributed by atoms with Crippen LogP contribution in [0.4, 0.5) is 5.69 Å². The van der Waals surface area contributed by atoms with Crippen LogP contribution >= 0.6 is 0 Å². The first-order valence-corrected chi connectivity index (χ1v) is 5.69. The lowest BCUT2D eigenvalue weighted by Gasteiger charge is -2.08. The monoisotopic (exact) mass is 243 g/mol. The van der Waals surface area contributed by atoms with Crippen molar-refractivity contribution in [3.05, 3.63) is 54.5 Å². The molecule has 0 saturated heterocycles. The summed E-state index contributed by atoms with van der Waals surface area (Å²) < 4.78 is 0. The number of hydrogen-bond donors (Lipinski definition) is 3. The second kappa shape index (κ2) is 5.86. The van der Waals surface area contributed by atoms with Crippen LogP contribution in [0.5, 0.6) is 0 Å². The third-order valence-electron chi connectivity index (χ3n) is 2.54. The first-order valence-electron chi connectivity index (χ1n) is 5.69. The van der Waals surface area contributed by atoms with Gasteiger partial charge in [0.05, 0.1) is 17.6 Å². The summed E-state index contributed by atoms with van der Waals surface area (Å²) in [6.45, 7) is 0.650. The van der Waals surface area contributed by atoms with E-state index in [-0.39, 0.29) is 0 Å². The Morgan fingerprint density at radius 3 is 3.00 bits per heavy atom. The number of nitrogens with two attached hydrogens (primary N) is 1. The molecule has 0 aliphatic carbocycles. The van der Waals surface area contributed by atoms with Crippen molar-refractivity contribution in [2.75, 3.05) is 11.9 Å². The molecule has 1 aromatic carbocycles. The predicted octanol–water partition coefficient (Wildman–Crippen LogP) is 1.37. The SMILES string of the molecule is NC(=O)c1ccccc1NC[CH]Cc1c[nH]cn1. The number of anilines is 1. The highest BCUT2D eigenvalue weighted by Gasteiger charge is 2.05. The quantitative estimate of drug-likeness (QED) is 0.670. The van der Waals surface area contributed by atoms with Crippen LogP contribution in [0, 0.1) is 6.42 Å². The van der Waals surface area contributed by atoms with E-state index in [4.69, 9.17) is 5.73 Å². The van der Waals surface area contributed by atoms with Crippen LogP contribution in [0.2, 0.25) is 0 Å². The lowest BCUT2D eigenvalue weighted by atomic mass is 10.1. The Balaban J connectivity index is 1.85. The maximum Gasteiger partial charge on any atom is 0.250 e. The van der Waals surface area contributed by atoms with Gasteiger partial charge in [0.15, 0.2) is 0 Å². The zero-order chi connectivity index (χ0) is 12.8. The molecule has 0 aliphatic rings. The number of primary amides is 1. The summed E-state index contributed by atoms with van der Waals surface area (Å²) in [6, 6.07) is 7.20. The Labute approximate surface area is 105 Å². The maximum atomic E-state index is 11.2. The minimum absolute atomic E-state index is 0.426. The van der Waals surface area contributed by atoms with Crippen LogP contribution < -0.4 is 11.1 Å². The molecule has 0 aliphatic heterocycles. The van der Waals surface area contributed by atoms with Crippen molar-refractivity contribution in [1.29, 1.82) is 0 Å². The summed E-state index contributed by atoms with van der Waals surface area (Å²) >= 11 is 0. The number of imidazole rings is 1. The van der Waals surface area contributed by atoms with Gasteiger partial charge in [-0.25, -0.2) is 4.98 Å². The van der Waals surface area contributed by atoms with Gasteiger partial charge in [0, 0.05) is 18.4 Å². The number of H-pyrrole nitrogens is 1. The number of amides is 1. The van der Waals surface area contributed by atoms with Gasteiger partial charge in [-0.15, -0.1) is 0 Å². The molecule has 0 bridgehead atoms. The fourth-order valence-electron chi connectivity index (χ4n) is 1.66. The topological polar surface area (TPSA) is 83.8 Å². The van der Waals surface area contributed by atoms with E-state index in [9.17, 15) is 4.79 Å². The Kier molecular flexibility index (Phi) is 3.96. The second-order valence-corrected chi connectivity index (χ2v) is 3.84. The van der Waals surface area contributed by atoms with Crippen LogP contribution in [-0.4, -0.2) is 22.4 Å². The number of para-hydroxylation sites is 1. The highest BCUT2D eigenvalue weighted by atomic mass is 16.1. The van der Waals surface area contributed by atoms with E-state index in [0.717, 1.165) is 17.8 Å². The summed E-state index contributed by atoms with van der Waals surface area (Å²) in [5.74, 6) is -0.426. The van der Waals surface area contributed by atoms with E-state index in [1.54, 1.807) is 18.5 Å². The van der Waals surface area contributed by atoms with Gasteiger partial charge in [-0.3, -0.25) is 4.79 Å². The number of nitrogens with zero attached hydrogens (tertiary/aromatic N) is 1. The lowest BCUT2D eigenvalue weighted by molar-refractivity contribution is 0.100. The summed E-state index contributed by atoms with van der Waals surface area (Å²) in [7, 11) is 0. The number of carbonyl (C=O) groups is 1. The molecule has 2 rings (SSSR count). The van der Waals surface area contributed by atoms with Gasteiger partial charge in [0.25, 0.3) is 5.91 Å². The maximum absolute atomic E-state index is 11.2. The number of nitrogens with one attached hydrogen (secondary N) is 2. The number of benzene rings is 1. The van der Waals surface area contributed by atoms with Crippen molar-refractivity contribution < 1.29 is 4.79 Å². The second-order valence-electron chi connectivity index (χ2n) is 3.84. The van der Waals surface area contributed by atoms with Crippen LogP contribution in [0.1, 0.15) is 16.1 Å². The molecule has 93 valence electrons. The zero-order valence-electron chi connectivity index (χ0n) is 9.89. The average molecular weight is 243 g/mol. The number of aromatic nitrogens is 2. The average Bonchev–Trinajstić information content (AvgIpc) is 2.88. The number of carbonyl (C=O) groups excluding carboxylic acids is 1. The van der Waals surface area contributed by atoms with Crippen molar-refractivity contribution in [2.45, 2.75) is 6.42 Å². The molecule has 1 radical (unpaired) electrons. The molecule has 4 N–H and O–H groups in total. The van der Waals surface area contributed by atoms with Crippen LogP contribution in [0.3, 0.4) is 0 Å². The molecule has 1 amide bonds. The van der Waals surface area contributed by atoms with Gasteiger partial charge in [-0.05, 0) is 25.0 Å². The smallest absolute Gasteiger partial charge is 0.250 e. The molecular weight excluding hydrogens is 228 g/mol. The Bertz CT molecular complexity index is 507. The molecule has 2 aromatic rings. The lowest BCUT2D eigenvalue weighted by Crippen LogP contribution is -2.15. The molecule has 1 aromatic heterocycles. The van der Waals surface area contributed by atoms with E-state index in [1.807, 2.05) is 24.8 Å². The number of aromatic amines is 1. The Hall–Kier alpha value is -2.30. The highest BCUT2D eigenvalue weighted by Crippen LogP contribution is 2.14. The van der Waals surface area contributed by atoms with Gasteiger partial charge in [-0.2, -0.15) is 0 Å². The van der Waals surface area contributed by atoms with Gasteiger partial charge in [-0.1, -0.05) is 12.1 Å². The molecule has 0 fully saturated rings. The van der Waals surface area contributed by atoms with Crippen molar-refractivity contribution in [3.63, 3.8) is 0 Å². The summed E-state index contributed by atoms with van der Waals surface area (Å²) in [4.78, 5) is 18.2. The van der Waals surface area contributed by atoms with E-state index in [0.29, 0.717) is 12.1 Å². The fraction of sp³-hybridized carbons (Fsp3) is 0.154. The van der Waals surface area contributed by atoms with Gasteiger partial charge < -0.3 is 16.0 Å². The van der Waals surface area contributed by atoms with Crippen molar-refractivity contribution in [3.8, 4) is 0 Å². The van der Waals surface area contributed by atoms with E-state index in [1.165, 1.54) is 0 Å².